The highest BCUT2D eigenvalue weighted by atomic mass is 14.6. The Morgan fingerprint density at radius 1 is 1.43 bits per heavy atom. The Kier molecular flexibility index (Phi) is 4.10. The molecule has 0 rings (SSSR count). The van der Waals surface area contributed by atoms with Crippen LogP contribution >= 0.6 is 0 Å². The van der Waals surface area contributed by atoms with Crippen molar-refractivity contribution in [2.24, 2.45) is 0 Å². The molecule has 0 saturated carbocycles. The van der Waals surface area contributed by atoms with Gasteiger partial charge in [0.1, 0.15) is 0 Å². The van der Waals surface area contributed by atoms with Gasteiger partial charge >= 0.3 is 0 Å². The summed E-state index contributed by atoms with van der Waals surface area (Å²) < 4.78 is 0. The molecule has 0 aromatic rings. The molecule has 43 valence electrons. The van der Waals surface area contributed by atoms with Crippen LogP contribution in [0.1, 0.15) is 33.1 Å². The molecule has 7 heavy (non-hydrogen) atoms. The highest BCUT2D eigenvalue weighted by Gasteiger charge is 1.93. The van der Waals surface area contributed by atoms with Crippen LogP contribution in [0, 0.1) is 0 Å². The average molecular weight is 100 g/mol. The van der Waals surface area contributed by atoms with E-state index in [2.05, 4.69) is 13.8 Å². The summed E-state index contributed by atoms with van der Waals surface area (Å²) in [6, 6.07) is 0.199. The van der Waals surface area contributed by atoms with Gasteiger partial charge in [0.25, 0.3) is 0 Å². The van der Waals surface area contributed by atoms with Crippen molar-refractivity contribution in [2.75, 3.05) is 0 Å². The van der Waals surface area contributed by atoms with Crippen molar-refractivity contribution < 1.29 is 0 Å². The zero-order chi connectivity index (χ0) is 5.70. The fourth-order valence-corrected chi connectivity index (χ4v) is 0.553. The van der Waals surface area contributed by atoms with E-state index < -0.39 is 0 Å². The largest absolute Gasteiger partial charge is 0.255 e. The Morgan fingerprint density at radius 2 is 2.00 bits per heavy atom. The minimum absolute atomic E-state index is 0.199. The van der Waals surface area contributed by atoms with Gasteiger partial charge in [0.15, 0.2) is 0 Å². The van der Waals surface area contributed by atoms with Gasteiger partial charge in [-0.1, -0.05) is 20.3 Å². The molecular weight excluding hydrogens is 86.1 g/mol. The lowest BCUT2D eigenvalue weighted by atomic mass is 10.1. The molecule has 0 bridgehead atoms. The molecule has 0 spiro atoms. The van der Waals surface area contributed by atoms with E-state index in [1.54, 1.807) is 0 Å². The van der Waals surface area contributed by atoms with Gasteiger partial charge in [-0.15, -0.1) is 0 Å². The summed E-state index contributed by atoms with van der Waals surface area (Å²) in [6.07, 6.45) is 3.23. The fourth-order valence-electron chi connectivity index (χ4n) is 0.553. The quantitative estimate of drug-likeness (QED) is 0.517. The van der Waals surface area contributed by atoms with Crippen LogP contribution in [0.4, 0.5) is 0 Å². The van der Waals surface area contributed by atoms with Gasteiger partial charge in [-0.25, -0.2) is 0 Å². The summed E-state index contributed by atoms with van der Waals surface area (Å²) >= 11 is 0. The number of hydrogen-bond donors (Lipinski definition) is 0. The highest BCUT2D eigenvalue weighted by Crippen LogP contribution is 1.97. The van der Waals surface area contributed by atoms with E-state index in [1.165, 1.54) is 0 Å². The molecule has 0 heterocycles. The van der Waals surface area contributed by atoms with Gasteiger partial charge in [0, 0.05) is 6.04 Å². The summed E-state index contributed by atoms with van der Waals surface area (Å²) in [6.45, 7) is 4.19. The molecule has 0 aliphatic rings. The van der Waals surface area contributed by atoms with Crippen molar-refractivity contribution in [3.8, 4) is 0 Å². The first-order chi connectivity index (χ1) is 3.31. The molecule has 1 radical (unpaired) electrons. The van der Waals surface area contributed by atoms with Gasteiger partial charge < -0.3 is 0 Å². The standard InChI is InChI=1S/C6H14N/c1-3-5-6(7)4-2/h6-7H,3-5H2,1-2H3. The summed E-state index contributed by atoms with van der Waals surface area (Å²) in [7, 11) is 0. The zero-order valence-corrected chi connectivity index (χ0v) is 5.20. The number of hydrogen-bond acceptors (Lipinski definition) is 0. The number of nitrogens with one attached hydrogen (secondary N) is 1. The van der Waals surface area contributed by atoms with Crippen LogP contribution in [0.25, 0.3) is 0 Å². The normalized spacial score (nSPS) is 14.1. The minimum Gasteiger partial charge on any atom is -0.255 e. The van der Waals surface area contributed by atoms with E-state index in [0.29, 0.717) is 0 Å². The second-order valence-corrected chi connectivity index (χ2v) is 1.89. The summed E-state index contributed by atoms with van der Waals surface area (Å²) in [5.41, 5.74) is 7.22. The SMILES string of the molecule is CCCC([NH])CC. The van der Waals surface area contributed by atoms with Crippen molar-refractivity contribution in [1.82, 2.24) is 5.73 Å². The molecule has 1 N–H and O–H groups in total. The van der Waals surface area contributed by atoms with Crippen LogP contribution in [-0.4, -0.2) is 6.04 Å². The van der Waals surface area contributed by atoms with Crippen molar-refractivity contribution in [1.29, 1.82) is 0 Å². The van der Waals surface area contributed by atoms with Gasteiger partial charge in [-0.2, -0.15) is 0 Å². The van der Waals surface area contributed by atoms with E-state index >= 15 is 0 Å². The molecule has 0 aromatic carbocycles. The highest BCUT2D eigenvalue weighted by molar-refractivity contribution is 4.53. The molecular formula is C6H14N. The molecule has 1 unspecified atom stereocenters. The van der Waals surface area contributed by atoms with Crippen molar-refractivity contribution >= 4 is 0 Å². The van der Waals surface area contributed by atoms with Crippen LogP contribution in [0.2, 0.25) is 0 Å². The average Bonchev–Trinajstić information content (AvgIpc) is 1.68. The predicted molar refractivity (Wildman–Crippen MR) is 32.1 cm³/mol. The van der Waals surface area contributed by atoms with Crippen LogP contribution in [0.15, 0.2) is 0 Å². The number of rotatable bonds is 3. The third kappa shape index (κ3) is 3.80. The Hall–Kier alpha value is -0.0400. The van der Waals surface area contributed by atoms with Crippen LogP contribution in [0.3, 0.4) is 0 Å². The Morgan fingerprint density at radius 3 is 2.14 bits per heavy atom. The van der Waals surface area contributed by atoms with E-state index in [1.807, 2.05) is 0 Å². The molecule has 0 aliphatic carbocycles. The van der Waals surface area contributed by atoms with Gasteiger partial charge in [0.2, 0.25) is 0 Å². The van der Waals surface area contributed by atoms with Crippen LogP contribution in [-0.2, 0) is 0 Å². The Labute approximate surface area is 45.9 Å². The lowest BCUT2D eigenvalue weighted by Crippen LogP contribution is -2.04. The first kappa shape index (κ1) is 6.96. The first-order valence-corrected chi connectivity index (χ1v) is 3.02. The maximum absolute atomic E-state index is 7.22. The first-order valence-electron chi connectivity index (χ1n) is 3.02. The topological polar surface area (TPSA) is 23.8 Å². The molecule has 0 aromatic heterocycles. The molecule has 0 aliphatic heterocycles. The minimum atomic E-state index is 0.199. The van der Waals surface area contributed by atoms with E-state index in [4.69, 9.17) is 5.73 Å². The van der Waals surface area contributed by atoms with E-state index in [0.717, 1.165) is 19.3 Å². The third-order valence-electron chi connectivity index (χ3n) is 1.13. The lowest BCUT2D eigenvalue weighted by Gasteiger charge is -2.01. The Bertz CT molecular complexity index is 35.2. The second-order valence-electron chi connectivity index (χ2n) is 1.89. The lowest BCUT2D eigenvalue weighted by molar-refractivity contribution is 0.571. The van der Waals surface area contributed by atoms with Crippen molar-refractivity contribution in [2.45, 2.75) is 39.2 Å². The smallest absolute Gasteiger partial charge is 0.0210 e. The maximum Gasteiger partial charge on any atom is 0.0210 e. The van der Waals surface area contributed by atoms with Gasteiger partial charge in [-0.3, -0.25) is 5.73 Å². The summed E-state index contributed by atoms with van der Waals surface area (Å²) in [5.74, 6) is 0. The van der Waals surface area contributed by atoms with E-state index in [9.17, 15) is 0 Å². The zero-order valence-electron chi connectivity index (χ0n) is 5.20. The van der Waals surface area contributed by atoms with Crippen molar-refractivity contribution in [3.05, 3.63) is 0 Å². The molecule has 1 heteroatoms. The van der Waals surface area contributed by atoms with Crippen LogP contribution < -0.4 is 5.73 Å². The van der Waals surface area contributed by atoms with E-state index in [-0.39, 0.29) is 6.04 Å². The summed E-state index contributed by atoms with van der Waals surface area (Å²) in [4.78, 5) is 0. The monoisotopic (exact) mass is 100 g/mol. The third-order valence-corrected chi connectivity index (χ3v) is 1.13. The second kappa shape index (κ2) is 4.13. The van der Waals surface area contributed by atoms with Gasteiger partial charge in [-0.05, 0) is 12.8 Å². The molecule has 1 nitrogen and oxygen atoms in total. The fraction of sp³-hybridized carbons (Fsp3) is 1.00. The summed E-state index contributed by atoms with van der Waals surface area (Å²) in [5, 5.41) is 0. The van der Waals surface area contributed by atoms with Crippen LogP contribution in [0.5, 0.6) is 0 Å². The van der Waals surface area contributed by atoms with Crippen molar-refractivity contribution in [3.63, 3.8) is 0 Å². The molecule has 0 fully saturated rings. The van der Waals surface area contributed by atoms with Gasteiger partial charge in [0.05, 0.1) is 0 Å². The molecule has 0 saturated heterocycles. The molecule has 1 atom stereocenters. The Balaban J connectivity index is 2.83. The predicted octanol–water partition coefficient (Wildman–Crippen LogP) is 1.85. The molecule has 0 amide bonds. The maximum atomic E-state index is 7.22.